The predicted molar refractivity (Wildman–Crippen MR) is 98.2 cm³/mol. The first-order valence-corrected chi connectivity index (χ1v) is 9.29. The number of pyridine rings is 2. The van der Waals surface area contributed by atoms with Gasteiger partial charge in [-0.2, -0.15) is 0 Å². The lowest BCUT2D eigenvalue weighted by Crippen LogP contribution is -2.46. The molecule has 1 saturated carbocycles. The number of nitrogens with zero attached hydrogens (tertiary/aromatic N) is 2. The zero-order valence-corrected chi connectivity index (χ0v) is 14.7. The Hall–Kier alpha value is -2.47. The fourth-order valence-corrected chi connectivity index (χ4v) is 3.36. The van der Waals surface area contributed by atoms with Crippen molar-refractivity contribution in [2.45, 2.75) is 31.2 Å². The summed E-state index contributed by atoms with van der Waals surface area (Å²) in [5.74, 6) is 1.96. The Labute approximate surface area is 153 Å². The van der Waals surface area contributed by atoms with Crippen LogP contribution in [0.2, 0.25) is 0 Å². The number of amides is 1. The van der Waals surface area contributed by atoms with Crippen molar-refractivity contribution in [3.05, 3.63) is 54.1 Å². The molecule has 2 aliphatic rings. The molecule has 3 heterocycles. The van der Waals surface area contributed by atoms with Crippen LogP contribution in [-0.4, -0.2) is 41.6 Å². The first kappa shape index (κ1) is 17.0. The van der Waals surface area contributed by atoms with E-state index in [9.17, 15) is 4.79 Å². The van der Waals surface area contributed by atoms with Crippen LogP contribution in [0, 0.1) is 5.92 Å². The van der Waals surface area contributed by atoms with E-state index in [-0.39, 0.29) is 5.91 Å². The average molecular weight is 352 g/mol. The molecule has 1 aliphatic heterocycles. The number of rotatable bonds is 8. The Morgan fingerprint density at radius 2 is 2.12 bits per heavy atom. The van der Waals surface area contributed by atoms with Gasteiger partial charge >= 0.3 is 0 Å². The molecular weight excluding hydrogens is 328 g/mol. The second-order valence-corrected chi connectivity index (χ2v) is 7.09. The van der Waals surface area contributed by atoms with Crippen molar-refractivity contribution in [3.63, 3.8) is 0 Å². The Balaban J connectivity index is 1.21. The third kappa shape index (κ3) is 4.19. The van der Waals surface area contributed by atoms with Crippen molar-refractivity contribution in [3.8, 4) is 5.75 Å². The SMILES string of the molecule is O=C(NCC[C@H]1C[C@@H]1c1cncc(OC[C@@H]2CCN2)c1)c1ccncc1. The van der Waals surface area contributed by atoms with Crippen LogP contribution in [0.3, 0.4) is 0 Å². The highest BCUT2D eigenvalue weighted by Gasteiger charge is 2.38. The maximum atomic E-state index is 12.0. The number of carbonyl (C=O) groups excluding carboxylic acids is 1. The molecule has 2 fully saturated rings. The van der Waals surface area contributed by atoms with E-state index in [1.54, 1.807) is 30.7 Å². The highest BCUT2D eigenvalue weighted by Crippen LogP contribution is 2.49. The van der Waals surface area contributed by atoms with Gasteiger partial charge in [0.05, 0.1) is 6.20 Å². The van der Waals surface area contributed by atoms with Gasteiger partial charge < -0.3 is 15.4 Å². The van der Waals surface area contributed by atoms with Gasteiger partial charge in [0.25, 0.3) is 5.91 Å². The van der Waals surface area contributed by atoms with E-state index in [4.69, 9.17) is 4.74 Å². The van der Waals surface area contributed by atoms with Crippen LogP contribution >= 0.6 is 0 Å². The molecule has 3 atom stereocenters. The van der Waals surface area contributed by atoms with Crippen LogP contribution in [-0.2, 0) is 0 Å². The van der Waals surface area contributed by atoms with Gasteiger partial charge in [0.1, 0.15) is 12.4 Å². The van der Waals surface area contributed by atoms with Gasteiger partial charge in [0.2, 0.25) is 0 Å². The van der Waals surface area contributed by atoms with Gasteiger partial charge in [0, 0.05) is 36.7 Å². The molecule has 136 valence electrons. The Morgan fingerprint density at radius 1 is 1.27 bits per heavy atom. The van der Waals surface area contributed by atoms with Gasteiger partial charge in [0.15, 0.2) is 0 Å². The summed E-state index contributed by atoms with van der Waals surface area (Å²) in [5, 5.41) is 6.32. The lowest BCUT2D eigenvalue weighted by molar-refractivity contribution is 0.0952. The van der Waals surface area contributed by atoms with Gasteiger partial charge in [-0.1, -0.05) is 0 Å². The van der Waals surface area contributed by atoms with Gasteiger partial charge in [-0.3, -0.25) is 14.8 Å². The third-order valence-electron chi connectivity index (χ3n) is 5.21. The van der Waals surface area contributed by atoms with E-state index in [1.165, 1.54) is 12.0 Å². The number of aromatic nitrogens is 2. The summed E-state index contributed by atoms with van der Waals surface area (Å²) in [6, 6.07) is 6.06. The van der Waals surface area contributed by atoms with Crippen molar-refractivity contribution in [1.82, 2.24) is 20.6 Å². The Bertz CT molecular complexity index is 748. The molecule has 1 saturated heterocycles. The largest absolute Gasteiger partial charge is 0.490 e. The van der Waals surface area contributed by atoms with Gasteiger partial charge in [-0.25, -0.2) is 0 Å². The lowest BCUT2D eigenvalue weighted by Gasteiger charge is -2.27. The highest BCUT2D eigenvalue weighted by atomic mass is 16.5. The Morgan fingerprint density at radius 3 is 2.88 bits per heavy atom. The van der Waals surface area contributed by atoms with E-state index < -0.39 is 0 Å². The molecular formula is C20H24N4O2. The van der Waals surface area contributed by atoms with Crippen molar-refractivity contribution >= 4 is 5.91 Å². The molecule has 1 aliphatic carbocycles. The number of nitrogens with one attached hydrogen (secondary N) is 2. The predicted octanol–water partition coefficient (Wildman–Crippen LogP) is 2.14. The fourth-order valence-electron chi connectivity index (χ4n) is 3.36. The maximum Gasteiger partial charge on any atom is 0.251 e. The van der Waals surface area contributed by atoms with Crippen LogP contribution in [0.15, 0.2) is 43.0 Å². The monoisotopic (exact) mass is 352 g/mol. The summed E-state index contributed by atoms with van der Waals surface area (Å²) in [4.78, 5) is 20.3. The van der Waals surface area contributed by atoms with E-state index in [1.807, 2.05) is 6.20 Å². The van der Waals surface area contributed by atoms with Gasteiger partial charge in [-0.15, -0.1) is 0 Å². The molecule has 2 aromatic heterocycles. The smallest absolute Gasteiger partial charge is 0.251 e. The molecule has 2 N–H and O–H groups in total. The van der Waals surface area contributed by atoms with Crippen molar-refractivity contribution in [2.75, 3.05) is 19.7 Å². The minimum Gasteiger partial charge on any atom is -0.490 e. The summed E-state index contributed by atoms with van der Waals surface area (Å²) in [6.07, 6.45) is 10.3. The van der Waals surface area contributed by atoms with Gasteiger partial charge in [-0.05, 0) is 61.4 Å². The van der Waals surface area contributed by atoms with Crippen molar-refractivity contribution in [1.29, 1.82) is 0 Å². The van der Waals surface area contributed by atoms with E-state index in [2.05, 4.69) is 26.7 Å². The standard InChI is InChI=1S/C20H24N4O2/c25-20(14-1-5-21-6-2-14)24-7-3-15-10-19(15)16-9-18(12-22-11-16)26-13-17-4-8-23-17/h1-2,5-6,9,11-12,15,17,19,23H,3-4,7-8,10,13H2,(H,24,25)/t15-,17-,19-/m0/s1. The molecule has 6 nitrogen and oxygen atoms in total. The van der Waals surface area contributed by atoms with Crippen molar-refractivity contribution < 1.29 is 9.53 Å². The topological polar surface area (TPSA) is 76.1 Å². The van der Waals surface area contributed by atoms with Crippen LogP contribution < -0.4 is 15.4 Å². The highest BCUT2D eigenvalue weighted by molar-refractivity contribution is 5.93. The number of hydrogen-bond donors (Lipinski definition) is 2. The molecule has 0 aromatic carbocycles. The molecule has 0 unspecified atom stereocenters. The third-order valence-corrected chi connectivity index (χ3v) is 5.21. The molecule has 26 heavy (non-hydrogen) atoms. The molecule has 2 aromatic rings. The summed E-state index contributed by atoms with van der Waals surface area (Å²) in [5.41, 5.74) is 1.90. The second-order valence-electron chi connectivity index (χ2n) is 7.09. The quantitative estimate of drug-likeness (QED) is 0.761. The van der Waals surface area contributed by atoms with Crippen LogP contribution in [0.4, 0.5) is 0 Å². The summed E-state index contributed by atoms with van der Waals surface area (Å²) in [7, 11) is 0. The molecule has 4 rings (SSSR count). The van der Waals surface area contributed by atoms with Crippen LogP contribution in [0.1, 0.15) is 41.1 Å². The summed E-state index contributed by atoms with van der Waals surface area (Å²) < 4.78 is 5.84. The Kier molecular flexibility index (Phi) is 5.11. The molecule has 6 heteroatoms. The summed E-state index contributed by atoms with van der Waals surface area (Å²) >= 11 is 0. The fraction of sp³-hybridized carbons (Fsp3) is 0.450. The molecule has 0 bridgehead atoms. The second kappa shape index (κ2) is 7.83. The number of ether oxygens (including phenoxy) is 1. The lowest BCUT2D eigenvalue weighted by atomic mass is 10.1. The van der Waals surface area contributed by atoms with Crippen LogP contribution in [0.5, 0.6) is 5.75 Å². The number of carbonyl (C=O) groups is 1. The zero-order chi connectivity index (χ0) is 17.8. The normalized spacial score (nSPS) is 23.8. The average Bonchev–Trinajstić information content (AvgIpc) is 3.41. The van der Waals surface area contributed by atoms with E-state index >= 15 is 0 Å². The minimum absolute atomic E-state index is 0.0359. The zero-order valence-electron chi connectivity index (χ0n) is 14.7. The first-order valence-electron chi connectivity index (χ1n) is 9.29. The summed E-state index contributed by atoms with van der Waals surface area (Å²) in [6.45, 7) is 2.49. The van der Waals surface area contributed by atoms with E-state index in [0.717, 1.165) is 25.1 Å². The van der Waals surface area contributed by atoms with Crippen molar-refractivity contribution in [2.24, 2.45) is 5.92 Å². The molecule has 1 amide bonds. The number of hydrogen-bond acceptors (Lipinski definition) is 5. The molecule has 0 radical (unpaired) electrons. The molecule has 0 spiro atoms. The van der Waals surface area contributed by atoms with E-state index in [0.29, 0.717) is 36.6 Å². The van der Waals surface area contributed by atoms with Crippen LogP contribution in [0.25, 0.3) is 0 Å². The maximum absolute atomic E-state index is 12.0. The first-order chi connectivity index (χ1) is 12.8. The minimum atomic E-state index is -0.0359.